The summed E-state index contributed by atoms with van der Waals surface area (Å²) in [4.78, 5) is 49.7. The molecule has 190 valence electrons. The second-order valence-corrected chi connectivity index (χ2v) is 8.66. The highest BCUT2D eigenvalue weighted by Crippen LogP contribution is 2.13. The molecule has 1 rings (SSSR count). The molecule has 3 amide bonds. The van der Waals surface area contributed by atoms with Crippen molar-refractivity contribution < 1.29 is 34.5 Å². The molecular weight excluding hydrogens is 444 g/mol. The minimum atomic E-state index is -1.55. The number of phenolic OH excluding ortho intramolecular Hbond substituents is 1. The standard InChI is InChI=1S/C23H36N4O7/c1-5-13(4)18(24)21(31)27-19(12(2)3)22(32)25-16(10-14-6-8-15(29)9-7-14)20(30)26-17(11-28)23(33)34/h6-9,12-13,16-19,28-29H,5,10-11,24H2,1-4H3,(H,25,32)(H,26,30)(H,27,31)(H,33,34). The van der Waals surface area contributed by atoms with Gasteiger partial charge in [0.1, 0.15) is 23.9 Å². The van der Waals surface area contributed by atoms with Crippen LogP contribution in [0.5, 0.6) is 5.75 Å². The Hall–Kier alpha value is -3.18. The molecule has 1 aromatic carbocycles. The normalized spacial score (nSPS) is 15.5. The number of amides is 3. The van der Waals surface area contributed by atoms with Crippen molar-refractivity contribution in [3.8, 4) is 5.75 Å². The number of benzene rings is 1. The number of aromatic hydroxyl groups is 1. The Bertz CT molecular complexity index is 844. The number of aliphatic carboxylic acids is 1. The maximum Gasteiger partial charge on any atom is 0.328 e. The van der Waals surface area contributed by atoms with E-state index in [0.717, 1.165) is 0 Å². The minimum absolute atomic E-state index is 0.0141. The number of hydrogen-bond acceptors (Lipinski definition) is 7. The lowest BCUT2D eigenvalue weighted by atomic mass is 9.97. The van der Waals surface area contributed by atoms with Crippen LogP contribution in [0.3, 0.4) is 0 Å². The second-order valence-electron chi connectivity index (χ2n) is 8.66. The number of carbonyl (C=O) groups excluding carboxylic acids is 3. The molecule has 0 aliphatic rings. The smallest absolute Gasteiger partial charge is 0.328 e. The summed E-state index contributed by atoms with van der Waals surface area (Å²) in [5.41, 5.74) is 6.56. The molecule has 34 heavy (non-hydrogen) atoms. The van der Waals surface area contributed by atoms with E-state index in [4.69, 9.17) is 10.8 Å². The third-order valence-electron chi connectivity index (χ3n) is 5.61. The Kier molecular flexibility index (Phi) is 11.5. The van der Waals surface area contributed by atoms with E-state index in [0.29, 0.717) is 12.0 Å². The molecule has 0 heterocycles. The molecule has 0 radical (unpaired) electrons. The Morgan fingerprint density at radius 1 is 0.912 bits per heavy atom. The van der Waals surface area contributed by atoms with Crippen molar-refractivity contribution in [2.24, 2.45) is 17.6 Å². The summed E-state index contributed by atoms with van der Waals surface area (Å²) < 4.78 is 0. The first kappa shape index (κ1) is 28.9. The summed E-state index contributed by atoms with van der Waals surface area (Å²) in [6, 6.07) is 1.35. The fraction of sp³-hybridized carbons (Fsp3) is 0.565. The van der Waals surface area contributed by atoms with Crippen LogP contribution in [-0.2, 0) is 25.6 Å². The van der Waals surface area contributed by atoms with Gasteiger partial charge in [-0.2, -0.15) is 0 Å². The van der Waals surface area contributed by atoms with E-state index in [1.165, 1.54) is 12.1 Å². The molecule has 11 nitrogen and oxygen atoms in total. The van der Waals surface area contributed by atoms with Crippen molar-refractivity contribution in [1.82, 2.24) is 16.0 Å². The average Bonchev–Trinajstić information content (AvgIpc) is 2.79. The SMILES string of the molecule is CCC(C)C(N)C(=O)NC(C(=O)NC(Cc1ccc(O)cc1)C(=O)NC(CO)C(=O)O)C(C)C. The lowest BCUT2D eigenvalue weighted by Gasteiger charge is -2.27. The summed E-state index contributed by atoms with van der Waals surface area (Å²) >= 11 is 0. The van der Waals surface area contributed by atoms with Crippen LogP contribution < -0.4 is 21.7 Å². The van der Waals surface area contributed by atoms with Gasteiger partial charge in [-0.25, -0.2) is 4.79 Å². The topological polar surface area (TPSA) is 191 Å². The van der Waals surface area contributed by atoms with Gasteiger partial charge < -0.3 is 37.0 Å². The average molecular weight is 481 g/mol. The lowest BCUT2D eigenvalue weighted by molar-refractivity contribution is -0.143. The highest BCUT2D eigenvalue weighted by atomic mass is 16.4. The monoisotopic (exact) mass is 480 g/mol. The zero-order valence-corrected chi connectivity index (χ0v) is 19.9. The summed E-state index contributed by atoms with van der Waals surface area (Å²) in [7, 11) is 0. The van der Waals surface area contributed by atoms with Gasteiger partial charge in [-0.3, -0.25) is 14.4 Å². The van der Waals surface area contributed by atoms with E-state index < -0.39 is 54.5 Å². The highest BCUT2D eigenvalue weighted by Gasteiger charge is 2.32. The molecule has 5 atom stereocenters. The number of hydrogen-bond donors (Lipinski definition) is 7. The van der Waals surface area contributed by atoms with E-state index in [1.807, 2.05) is 13.8 Å². The minimum Gasteiger partial charge on any atom is -0.508 e. The van der Waals surface area contributed by atoms with Crippen LogP contribution in [0.15, 0.2) is 24.3 Å². The third-order valence-corrected chi connectivity index (χ3v) is 5.61. The van der Waals surface area contributed by atoms with Gasteiger partial charge in [-0.15, -0.1) is 0 Å². The Morgan fingerprint density at radius 3 is 1.94 bits per heavy atom. The number of carboxylic acids is 1. The number of aliphatic hydroxyl groups excluding tert-OH is 1. The van der Waals surface area contributed by atoms with Crippen LogP contribution >= 0.6 is 0 Å². The van der Waals surface area contributed by atoms with Gasteiger partial charge in [0, 0.05) is 6.42 Å². The van der Waals surface area contributed by atoms with Gasteiger partial charge in [-0.05, 0) is 29.5 Å². The third kappa shape index (κ3) is 8.64. The molecule has 0 saturated heterocycles. The van der Waals surface area contributed by atoms with Gasteiger partial charge in [0.15, 0.2) is 0 Å². The largest absolute Gasteiger partial charge is 0.508 e. The fourth-order valence-electron chi connectivity index (χ4n) is 3.09. The van der Waals surface area contributed by atoms with E-state index in [1.54, 1.807) is 26.0 Å². The van der Waals surface area contributed by atoms with Gasteiger partial charge in [0.25, 0.3) is 0 Å². The second kappa shape index (κ2) is 13.5. The van der Waals surface area contributed by atoms with Crippen molar-refractivity contribution in [1.29, 1.82) is 0 Å². The first-order valence-corrected chi connectivity index (χ1v) is 11.2. The molecule has 0 aromatic heterocycles. The van der Waals surface area contributed by atoms with Crippen LogP contribution in [-0.4, -0.2) is 69.8 Å². The molecule has 11 heteroatoms. The first-order valence-electron chi connectivity index (χ1n) is 11.2. The Balaban J connectivity index is 3.10. The molecule has 1 aromatic rings. The zero-order chi connectivity index (χ0) is 26.0. The molecule has 0 aliphatic heterocycles. The maximum absolute atomic E-state index is 13.1. The Labute approximate surface area is 199 Å². The number of nitrogens with two attached hydrogens (primary N) is 1. The van der Waals surface area contributed by atoms with Gasteiger partial charge in [0.05, 0.1) is 12.6 Å². The lowest BCUT2D eigenvalue weighted by Crippen LogP contribution is -2.59. The number of nitrogens with one attached hydrogen (secondary N) is 3. The molecule has 0 bridgehead atoms. The summed E-state index contributed by atoms with van der Waals surface area (Å²) in [6.45, 7) is 6.33. The Morgan fingerprint density at radius 2 is 1.47 bits per heavy atom. The van der Waals surface area contributed by atoms with E-state index in [2.05, 4.69) is 16.0 Å². The van der Waals surface area contributed by atoms with Crippen molar-refractivity contribution in [3.05, 3.63) is 29.8 Å². The van der Waals surface area contributed by atoms with Crippen LogP contribution in [0.4, 0.5) is 0 Å². The molecule has 8 N–H and O–H groups in total. The summed E-state index contributed by atoms with van der Waals surface area (Å²) in [5.74, 6) is -3.82. The number of carboxylic acid groups (broad SMARTS) is 1. The van der Waals surface area contributed by atoms with Gasteiger partial charge >= 0.3 is 5.97 Å². The quantitative estimate of drug-likeness (QED) is 0.196. The molecule has 0 aliphatic carbocycles. The van der Waals surface area contributed by atoms with E-state index >= 15 is 0 Å². The number of rotatable bonds is 13. The van der Waals surface area contributed by atoms with Crippen LogP contribution in [0.1, 0.15) is 39.7 Å². The van der Waals surface area contributed by atoms with Crippen molar-refractivity contribution in [2.45, 2.75) is 64.7 Å². The molecule has 0 saturated carbocycles. The maximum atomic E-state index is 13.1. The van der Waals surface area contributed by atoms with E-state index in [-0.39, 0.29) is 24.0 Å². The predicted molar refractivity (Wildman–Crippen MR) is 125 cm³/mol. The summed E-state index contributed by atoms with van der Waals surface area (Å²) in [5, 5.41) is 35.3. The predicted octanol–water partition coefficient (Wildman–Crippen LogP) is -0.505. The van der Waals surface area contributed by atoms with Crippen molar-refractivity contribution in [3.63, 3.8) is 0 Å². The van der Waals surface area contributed by atoms with Crippen LogP contribution in [0.25, 0.3) is 0 Å². The van der Waals surface area contributed by atoms with E-state index in [9.17, 15) is 29.4 Å². The summed E-state index contributed by atoms with van der Waals surface area (Å²) in [6.07, 6.45) is 0.651. The molecule has 0 fully saturated rings. The molecule has 0 spiro atoms. The fourth-order valence-corrected chi connectivity index (χ4v) is 3.09. The zero-order valence-electron chi connectivity index (χ0n) is 19.9. The number of carbonyl (C=O) groups is 4. The van der Waals surface area contributed by atoms with Gasteiger partial charge in [-0.1, -0.05) is 46.2 Å². The van der Waals surface area contributed by atoms with Crippen molar-refractivity contribution in [2.75, 3.05) is 6.61 Å². The van der Waals surface area contributed by atoms with Crippen LogP contribution in [0, 0.1) is 11.8 Å². The molecule has 5 unspecified atom stereocenters. The van der Waals surface area contributed by atoms with Crippen LogP contribution in [0.2, 0.25) is 0 Å². The van der Waals surface area contributed by atoms with Crippen molar-refractivity contribution >= 4 is 23.7 Å². The highest BCUT2D eigenvalue weighted by molar-refractivity contribution is 5.94. The molecular formula is C23H36N4O7. The number of phenols is 1. The number of aliphatic hydroxyl groups is 1. The van der Waals surface area contributed by atoms with Gasteiger partial charge in [0.2, 0.25) is 17.7 Å². The first-order chi connectivity index (χ1) is 15.9.